The lowest BCUT2D eigenvalue weighted by molar-refractivity contribution is -0.387. The van der Waals surface area contributed by atoms with Gasteiger partial charge in [0.1, 0.15) is 0 Å². The van der Waals surface area contributed by atoms with Crippen LogP contribution in [0, 0.1) is 15.9 Å². The van der Waals surface area contributed by atoms with Crippen molar-refractivity contribution in [2.75, 3.05) is 43.1 Å². The molecule has 9 nitrogen and oxygen atoms in total. The molecule has 0 saturated carbocycles. The molecule has 1 amide bonds. The highest BCUT2D eigenvalue weighted by molar-refractivity contribution is 5.95. The Bertz CT molecular complexity index is 913. The number of amides is 1. The van der Waals surface area contributed by atoms with Crippen LogP contribution in [0.5, 0.6) is 0 Å². The number of nitro groups is 1. The molecule has 0 radical (unpaired) electrons. The largest absolute Gasteiger partial charge is 0.452 e. The summed E-state index contributed by atoms with van der Waals surface area (Å²) < 4.78 is 23.7. The maximum absolute atomic E-state index is 13.6. The van der Waals surface area contributed by atoms with Crippen LogP contribution in [-0.4, -0.2) is 49.7 Å². The van der Waals surface area contributed by atoms with E-state index < -0.39 is 34.9 Å². The van der Waals surface area contributed by atoms with Crippen molar-refractivity contribution in [1.29, 1.82) is 0 Å². The van der Waals surface area contributed by atoms with Gasteiger partial charge in [-0.2, -0.15) is 4.39 Å². The van der Waals surface area contributed by atoms with Gasteiger partial charge in [-0.05, 0) is 36.4 Å². The monoisotopic (exact) mass is 403 g/mol. The number of hydrogen-bond donors (Lipinski definition) is 1. The van der Waals surface area contributed by atoms with Crippen molar-refractivity contribution in [3.05, 3.63) is 64.0 Å². The SMILES string of the molecule is O=C(COC(=O)c1ccc([N+](=O)[O-])c(F)c1)Nc1ccc(N2CCOCC2)cc1. The lowest BCUT2D eigenvalue weighted by Crippen LogP contribution is -2.36. The van der Waals surface area contributed by atoms with Gasteiger partial charge in [-0.25, -0.2) is 4.79 Å². The van der Waals surface area contributed by atoms with Gasteiger partial charge in [-0.15, -0.1) is 0 Å². The predicted octanol–water partition coefficient (Wildman–Crippen LogP) is 2.37. The number of rotatable bonds is 6. The van der Waals surface area contributed by atoms with Gasteiger partial charge in [0.15, 0.2) is 6.61 Å². The number of morpholine rings is 1. The summed E-state index contributed by atoms with van der Waals surface area (Å²) in [5.74, 6) is -2.69. The summed E-state index contributed by atoms with van der Waals surface area (Å²) in [6.07, 6.45) is 0. The van der Waals surface area contributed by atoms with Crippen LogP contribution in [0.15, 0.2) is 42.5 Å². The number of hydrogen-bond acceptors (Lipinski definition) is 7. The molecule has 0 aromatic heterocycles. The van der Waals surface area contributed by atoms with E-state index in [0.29, 0.717) is 25.0 Å². The highest BCUT2D eigenvalue weighted by Crippen LogP contribution is 2.20. The molecule has 1 aliphatic rings. The Morgan fingerprint density at radius 2 is 1.86 bits per heavy atom. The number of benzene rings is 2. The first-order valence-electron chi connectivity index (χ1n) is 8.78. The summed E-state index contributed by atoms with van der Waals surface area (Å²) in [5, 5.41) is 13.2. The third-order valence-electron chi connectivity index (χ3n) is 4.24. The Labute approximate surface area is 165 Å². The Hall–Kier alpha value is -3.53. The Morgan fingerprint density at radius 1 is 1.17 bits per heavy atom. The molecular formula is C19H18FN3O6. The normalized spacial score (nSPS) is 13.6. The smallest absolute Gasteiger partial charge is 0.338 e. The van der Waals surface area contributed by atoms with E-state index in [-0.39, 0.29) is 5.56 Å². The molecule has 0 spiro atoms. The molecule has 1 fully saturated rings. The summed E-state index contributed by atoms with van der Waals surface area (Å²) in [6, 6.07) is 9.82. The third kappa shape index (κ3) is 5.26. The Kier molecular flexibility index (Phi) is 6.35. The van der Waals surface area contributed by atoms with Crippen LogP contribution in [0.3, 0.4) is 0 Å². The number of ether oxygens (including phenoxy) is 2. The van der Waals surface area contributed by atoms with Crippen molar-refractivity contribution < 1.29 is 28.4 Å². The van der Waals surface area contributed by atoms with E-state index in [1.165, 1.54) is 0 Å². The molecule has 1 N–H and O–H groups in total. The maximum Gasteiger partial charge on any atom is 0.338 e. The number of nitrogens with zero attached hydrogens (tertiary/aromatic N) is 2. The van der Waals surface area contributed by atoms with E-state index in [1.54, 1.807) is 12.1 Å². The van der Waals surface area contributed by atoms with Gasteiger partial charge in [0.05, 0.1) is 23.7 Å². The molecule has 0 bridgehead atoms. The van der Waals surface area contributed by atoms with E-state index in [0.717, 1.165) is 30.9 Å². The van der Waals surface area contributed by atoms with Crippen molar-refractivity contribution in [3.8, 4) is 0 Å². The van der Waals surface area contributed by atoms with Crippen molar-refractivity contribution in [1.82, 2.24) is 0 Å². The quantitative estimate of drug-likeness (QED) is 0.448. The molecule has 152 valence electrons. The molecule has 0 atom stereocenters. The fraction of sp³-hybridized carbons (Fsp3) is 0.263. The molecule has 0 aliphatic carbocycles. The van der Waals surface area contributed by atoms with E-state index in [2.05, 4.69) is 10.2 Å². The van der Waals surface area contributed by atoms with Crippen LogP contribution in [0.2, 0.25) is 0 Å². The second-order valence-electron chi connectivity index (χ2n) is 6.19. The van der Waals surface area contributed by atoms with E-state index >= 15 is 0 Å². The van der Waals surface area contributed by atoms with E-state index in [4.69, 9.17) is 9.47 Å². The number of anilines is 2. The highest BCUT2D eigenvalue weighted by Gasteiger charge is 2.18. The molecule has 2 aromatic rings. The zero-order chi connectivity index (χ0) is 20.8. The van der Waals surface area contributed by atoms with Crippen LogP contribution >= 0.6 is 0 Å². The lowest BCUT2D eigenvalue weighted by Gasteiger charge is -2.28. The lowest BCUT2D eigenvalue weighted by atomic mass is 10.2. The van der Waals surface area contributed by atoms with Crippen LogP contribution in [0.1, 0.15) is 10.4 Å². The standard InChI is InChI=1S/C19H18FN3O6/c20-16-11-13(1-6-17(16)23(26)27)19(25)29-12-18(24)21-14-2-4-15(5-3-14)22-7-9-28-10-8-22/h1-6,11H,7-10,12H2,(H,21,24). The number of nitro benzene ring substituents is 1. The van der Waals surface area contributed by atoms with Crippen LogP contribution in [-0.2, 0) is 14.3 Å². The predicted molar refractivity (Wildman–Crippen MR) is 101 cm³/mol. The maximum atomic E-state index is 13.6. The molecular weight excluding hydrogens is 385 g/mol. The highest BCUT2D eigenvalue weighted by atomic mass is 19.1. The topological polar surface area (TPSA) is 111 Å². The van der Waals surface area contributed by atoms with Gasteiger partial charge in [0, 0.05) is 30.5 Å². The summed E-state index contributed by atoms with van der Waals surface area (Å²) in [6.45, 7) is 2.35. The number of carbonyl (C=O) groups excluding carboxylic acids is 2. The number of carbonyl (C=O) groups is 2. The van der Waals surface area contributed by atoms with Gasteiger partial charge in [-0.3, -0.25) is 14.9 Å². The van der Waals surface area contributed by atoms with E-state index in [1.807, 2.05) is 12.1 Å². The second-order valence-corrected chi connectivity index (χ2v) is 6.19. The third-order valence-corrected chi connectivity index (χ3v) is 4.24. The zero-order valence-electron chi connectivity index (χ0n) is 15.3. The van der Waals surface area contributed by atoms with Crippen molar-refractivity contribution in [2.24, 2.45) is 0 Å². The van der Waals surface area contributed by atoms with Crippen LogP contribution in [0.25, 0.3) is 0 Å². The Morgan fingerprint density at radius 3 is 2.48 bits per heavy atom. The fourth-order valence-corrected chi connectivity index (χ4v) is 2.77. The van der Waals surface area contributed by atoms with Gasteiger partial charge in [0.25, 0.3) is 5.91 Å². The summed E-state index contributed by atoms with van der Waals surface area (Å²) >= 11 is 0. The molecule has 3 rings (SSSR count). The van der Waals surface area contributed by atoms with Crippen molar-refractivity contribution in [2.45, 2.75) is 0 Å². The second kappa shape index (κ2) is 9.11. The van der Waals surface area contributed by atoms with Crippen LogP contribution < -0.4 is 10.2 Å². The summed E-state index contributed by atoms with van der Waals surface area (Å²) in [4.78, 5) is 35.7. The minimum atomic E-state index is -1.16. The average molecular weight is 403 g/mol. The van der Waals surface area contributed by atoms with Crippen LogP contribution in [0.4, 0.5) is 21.5 Å². The van der Waals surface area contributed by atoms with Gasteiger partial charge >= 0.3 is 11.7 Å². The molecule has 29 heavy (non-hydrogen) atoms. The van der Waals surface area contributed by atoms with Gasteiger partial charge in [-0.1, -0.05) is 0 Å². The first-order chi connectivity index (χ1) is 13.9. The van der Waals surface area contributed by atoms with Crippen molar-refractivity contribution >= 4 is 28.9 Å². The summed E-state index contributed by atoms with van der Waals surface area (Å²) in [7, 11) is 0. The summed E-state index contributed by atoms with van der Waals surface area (Å²) in [5.41, 5.74) is 0.568. The van der Waals surface area contributed by atoms with Gasteiger partial charge in [0.2, 0.25) is 5.82 Å². The van der Waals surface area contributed by atoms with E-state index in [9.17, 15) is 24.1 Å². The molecule has 2 aromatic carbocycles. The Balaban J connectivity index is 1.51. The fourth-order valence-electron chi connectivity index (χ4n) is 2.77. The first kappa shape index (κ1) is 20.2. The molecule has 1 saturated heterocycles. The van der Waals surface area contributed by atoms with Gasteiger partial charge < -0.3 is 19.7 Å². The number of nitrogens with one attached hydrogen (secondary N) is 1. The number of halogens is 1. The molecule has 10 heteroatoms. The minimum absolute atomic E-state index is 0.226. The molecule has 0 unspecified atom stereocenters. The minimum Gasteiger partial charge on any atom is -0.452 e. The zero-order valence-corrected chi connectivity index (χ0v) is 15.3. The molecule has 1 aliphatic heterocycles. The van der Waals surface area contributed by atoms with Crippen molar-refractivity contribution in [3.63, 3.8) is 0 Å². The first-order valence-corrected chi connectivity index (χ1v) is 8.78. The average Bonchev–Trinajstić information content (AvgIpc) is 2.73. The number of esters is 1. The molecule has 1 heterocycles.